The minimum absolute atomic E-state index is 0.306. The van der Waals surface area contributed by atoms with E-state index in [-0.39, 0.29) is 0 Å². The molecule has 0 bridgehead atoms. The van der Waals surface area contributed by atoms with Crippen molar-refractivity contribution >= 4 is 11.3 Å². The van der Waals surface area contributed by atoms with E-state index in [1.807, 2.05) is 0 Å². The Hall–Kier alpha value is -0.380. The number of rotatable bonds is 7. The van der Waals surface area contributed by atoms with E-state index in [1.54, 1.807) is 11.3 Å². The Morgan fingerprint density at radius 2 is 2.27 bits per heavy atom. The maximum atomic E-state index is 8.87. The summed E-state index contributed by atoms with van der Waals surface area (Å²) >= 11 is 1.74. The second kappa shape index (κ2) is 6.99. The predicted octanol–water partition coefficient (Wildman–Crippen LogP) is 2.81. The predicted molar refractivity (Wildman–Crippen MR) is 66.2 cm³/mol. The molecule has 0 aromatic carbocycles. The van der Waals surface area contributed by atoms with Crippen LogP contribution >= 0.6 is 11.3 Å². The van der Waals surface area contributed by atoms with E-state index in [0.29, 0.717) is 18.6 Å². The van der Waals surface area contributed by atoms with Crippen LogP contribution in [-0.4, -0.2) is 18.3 Å². The highest BCUT2D eigenvalue weighted by atomic mass is 32.1. The second-order valence-corrected chi connectivity index (χ2v) is 4.94. The van der Waals surface area contributed by atoms with Gasteiger partial charge in [-0.15, -0.1) is 0 Å². The molecule has 3 heteroatoms. The van der Waals surface area contributed by atoms with Crippen molar-refractivity contribution in [3.63, 3.8) is 0 Å². The number of hydrogen-bond donors (Lipinski definition) is 2. The molecule has 2 N–H and O–H groups in total. The Morgan fingerprint density at radius 3 is 2.87 bits per heavy atom. The van der Waals surface area contributed by atoms with E-state index in [1.165, 1.54) is 5.56 Å². The quantitative estimate of drug-likeness (QED) is 0.702. The van der Waals surface area contributed by atoms with Gasteiger partial charge in [0.05, 0.1) is 0 Å². The Labute approximate surface area is 96.3 Å². The first-order chi connectivity index (χ1) is 7.24. The molecule has 0 spiro atoms. The van der Waals surface area contributed by atoms with Crippen molar-refractivity contribution < 1.29 is 5.11 Å². The van der Waals surface area contributed by atoms with Crippen LogP contribution in [0.4, 0.5) is 0 Å². The lowest BCUT2D eigenvalue weighted by Crippen LogP contribution is -2.20. The molecule has 1 heterocycles. The van der Waals surface area contributed by atoms with Gasteiger partial charge in [-0.25, -0.2) is 0 Å². The highest BCUT2D eigenvalue weighted by Crippen LogP contribution is 2.15. The molecule has 1 aromatic heterocycles. The monoisotopic (exact) mass is 227 g/mol. The standard InChI is InChI=1S/C12H21NOS/c1-10(8-14)4-3-6-13-11(2)12-5-7-15-9-12/h5,7,9-11,13-14H,3-4,6,8H2,1-2H3. The van der Waals surface area contributed by atoms with Crippen LogP contribution in [0, 0.1) is 5.92 Å². The Kier molecular flexibility index (Phi) is 5.91. The summed E-state index contributed by atoms with van der Waals surface area (Å²) in [6, 6.07) is 2.61. The molecule has 2 unspecified atom stereocenters. The molecular formula is C12H21NOS. The molecule has 0 aliphatic rings. The van der Waals surface area contributed by atoms with Crippen molar-refractivity contribution in [1.29, 1.82) is 0 Å². The summed E-state index contributed by atoms with van der Waals surface area (Å²) in [5.74, 6) is 0.434. The molecule has 2 nitrogen and oxygen atoms in total. The maximum absolute atomic E-state index is 8.87. The molecule has 0 fully saturated rings. The van der Waals surface area contributed by atoms with Crippen molar-refractivity contribution in [3.8, 4) is 0 Å². The van der Waals surface area contributed by atoms with Crippen molar-refractivity contribution in [2.75, 3.05) is 13.2 Å². The fourth-order valence-corrected chi connectivity index (χ4v) is 2.25. The molecule has 15 heavy (non-hydrogen) atoms. The first kappa shape index (κ1) is 12.7. The van der Waals surface area contributed by atoms with Crippen LogP contribution in [0.25, 0.3) is 0 Å². The summed E-state index contributed by atoms with van der Waals surface area (Å²) in [6.45, 7) is 5.61. The number of hydrogen-bond acceptors (Lipinski definition) is 3. The zero-order chi connectivity index (χ0) is 11.1. The molecule has 0 amide bonds. The molecule has 0 radical (unpaired) electrons. The van der Waals surface area contributed by atoms with Gasteiger partial charge >= 0.3 is 0 Å². The van der Waals surface area contributed by atoms with Crippen LogP contribution in [0.3, 0.4) is 0 Å². The van der Waals surface area contributed by atoms with Gasteiger partial charge in [-0.05, 0) is 54.6 Å². The van der Waals surface area contributed by atoms with E-state index in [0.717, 1.165) is 19.4 Å². The zero-order valence-corrected chi connectivity index (χ0v) is 10.4. The van der Waals surface area contributed by atoms with Crippen molar-refractivity contribution in [2.24, 2.45) is 5.92 Å². The van der Waals surface area contributed by atoms with Gasteiger partial charge in [0.15, 0.2) is 0 Å². The zero-order valence-electron chi connectivity index (χ0n) is 9.57. The normalized spacial score (nSPS) is 15.1. The van der Waals surface area contributed by atoms with Gasteiger partial charge in [0.25, 0.3) is 0 Å². The van der Waals surface area contributed by atoms with Crippen molar-refractivity contribution in [1.82, 2.24) is 5.32 Å². The third kappa shape index (κ3) is 4.78. The van der Waals surface area contributed by atoms with E-state index in [2.05, 4.69) is 36.0 Å². The summed E-state index contributed by atoms with van der Waals surface area (Å²) < 4.78 is 0. The first-order valence-corrected chi connectivity index (χ1v) is 6.54. The SMILES string of the molecule is CC(CO)CCCNC(C)c1ccsc1. The fraction of sp³-hybridized carbons (Fsp3) is 0.667. The van der Waals surface area contributed by atoms with E-state index < -0.39 is 0 Å². The summed E-state index contributed by atoms with van der Waals surface area (Å²) in [5.41, 5.74) is 1.37. The minimum Gasteiger partial charge on any atom is -0.396 e. The smallest absolute Gasteiger partial charge is 0.0456 e. The maximum Gasteiger partial charge on any atom is 0.0456 e. The molecule has 0 aliphatic carbocycles. The Morgan fingerprint density at radius 1 is 1.47 bits per heavy atom. The van der Waals surface area contributed by atoms with Gasteiger partial charge in [0.1, 0.15) is 0 Å². The average molecular weight is 227 g/mol. The third-order valence-corrected chi connectivity index (χ3v) is 3.38. The number of thiophene rings is 1. The van der Waals surface area contributed by atoms with Crippen LogP contribution in [0.1, 0.15) is 38.3 Å². The number of aliphatic hydroxyl groups is 1. The highest BCUT2D eigenvalue weighted by molar-refractivity contribution is 7.07. The van der Waals surface area contributed by atoms with Gasteiger partial charge in [-0.1, -0.05) is 6.92 Å². The van der Waals surface area contributed by atoms with Gasteiger partial charge in [-0.2, -0.15) is 11.3 Å². The molecule has 0 saturated carbocycles. The van der Waals surface area contributed by atoms with Gasteiger partial charge in [0, 0.05) is 12.6 Å². The lowest BCUT2D eigenvalue weighted by atomic mass is 10.1. The lowest BCUT2D eigenvalue weighted by molar-refractivity contribution is 0.227. The highest BCUT2D eigenvalue weighted by Gasteiger charge is 2.04. The average Bonchev–Trinajstić information content (AvgIpc) is 2.77. The van der Waals surface area contributed by atoms with Crippen molar-refractivity contribution in [3.05, 3.63) is 22.4 Å². The molecule has 1 rings (SSSR count). The second-order valence-electron chi connectivity index (χ2n) is 4.16. The lowest BCUT2D eigenvalue weighted by Gasteiger charge is -2.13. The largest absolute Gasteiger partial charge is 0.396 e. The summed E-state index contributed by atoms with van der Waals surface area (Å²) in [5, 5.41) is 16.7. The first-order valence-electron chi connectivity index (χ1n) is 5.60. The van der Waals surface area contributed by atoms with Crippen LogP contribution in [0.2, 0.25) is 0 Å². The van der Waals surface area contributed by atoms with Crippen LogP contribution in [-0.2, 0) is 0 Å². The van der Waals surface area contributed by atoms with E-state index in [4.69, 9.17) is 5.11 Å². The topological polar surface area (TPSA) is 32.3 Å². The Balaban J connectivity index is 2.10. The number of nitrogens with one attached hydrogen (secondary N) is 1. The fourth-order valence-electron chi connectivity index (χ4n) is 1.50. The van der Waals surface area contributed by atoms with Crippen LogP contribution < -0.4 is 5.32 Å². The third-order valence-electron chi connectivity index (χ3n) is 2.68. The van der Waals surface area contributed by atoms with Gasteiger partial charge in [-0.3, -0.25) is 0 Å². The molecule has 0 aliphatic heterocycles. The minimum atomic E-state index is 0.306. The Bertz CT molecular complexity index is 248. The molecular weight excluding hydrogens is 206 g/mol. The summed E-state index contributed by atoms with van der Waals surface area (Å²) in [4.78, 5) is 0. The van der Waals surface area contributed by atoms with Gasteiger partial charge in [0.2, 0.25) is 0 Å². The molecule has 86 valence electrons. The summed E-state index contributed by atoms with van der Waals surface area (Å²) in [6.07, 6.45) is 2.23. The number of aliphatic hydroxyl groups excluding tert-OH is 1. The summed E-state index contributed by atoms with van der Waals surface area (Å²) in [7, 11) is 0. The molecule has 1 aromatic rings. The van der Waals surface area contributed by atoms with E-state index >= 15 is 0 Å². The van der Waals surface area contributed by atoms with E-state index in [9.17, 15) is 0 Å². The van der Waals surface area contributed by atoms with Crippen molar-refractivity contribution in [2.45, 2.75) is 32.7 Å². The van der Waals surface area contributed by atoms with Gasteiger partial charge < -0.3 is 10.4 Å². The molecule has 2 atom stereocenters. The molecule has 0 saturated heterocycles. The van der Waals surface area contributed by atoms with Crippen LogP contribution in [0.5, 0.6) is 0 Å². The van der Waals surface area contributed by atoms with Crippen LogP contribution in [0.15, 0.2) is 16.8 Å².